The molecule has 1 amide bonds. The molecule has 0 saturated carbocycles. The van der Waals surface area contributed by atoms with Gasteiger partial charge in [-0.05, 0) is 106 Å². The first kappa shape index (κ1) is 40.0. The van der Waals surface area contributed by atoms with Gasteiger partial charge in [0, 0.05) is 22.5 Å². The molecule has 0 atom stereocenters. The second kappa shape index (κ2) is 15.3. The van der Waals surface area contributed by atoms with Crippen molar-refractivity contribution < 1.29 is 43.5 Å². The molecule has 4 aromatic carbocycles. The summed E-state index contributed by atoms with van der Waals surface area (Å²) in [6.45, 7) is 7.12. The largest absolute Gasteiger partial charge is 0.534 e. The van der Waals surface area contributed by atoms with Crippen molar-refractivity contribution in [2.75, 3.05) is 17.3 Å². The highest BCUT2D eigenvalue weighted by Crippen LogP contribution is 2.34. The third kappa shape index (κ3) is 9.88. The van der Waals surface area contributed by atoms with Crippen LogP contribution in [0.1, 0.15) is 31.5 Å². The van der Waals surface area contributed by atoms with Crippen LogP contribution in [0.4, 0.5) is 24.5 Å². The van der Waals surface area contributed by atoms with Crippen LogP contribution < -0.4 is 15.2 Å². The summed E-state index contributed by atoms with van der Waals surface area (Å²) in [5.41, 5.74) is 6.23. The standard InChI is InChI=1S/C25H19F3N4O4S2.C8H8N2S.CH4O3S/c1-12-8-17(36-38(34,35)25(26,27)28)9-13(2)22(12)23-31-18-6-4-15(10-19(18)32-23)24(33)30-16-5-7-21-20(11-16)29-14(3)37-21;1-5-10-7-4-6(9)2-3-8(7)11-5;1-5(2,3)4/h4-11H,1-3H3,(H,30,33)(H,31,32);2-4H,9H2,1H3;1H3,(H,2,3,4). The number of amides is 1. The van der Waals surface area contributed by atoms with Gasteiger partial charge in [-0.1, -0.05) is 0 Å². The van der Waals surface area contributed by atoms with Crippen molar-refractivity contribution in [3.63, 3.8) is 0 Å². The zero-order valence-electron chi connectivity index (χ0n) is 28.9. The number of fused-ring (bicyclic) bond motifs is 3. The molecule has 3 heterocycles. The third-order valence-corrected chi connectivity index (χ3v) is 10.1. The number of aromatic amines is 1. The van der Waals surface area contributed by atoms with E-state index in [9.17, 15) is 34.8 Å². The Morgan fingerprint density at radius 2 is 1.37 bits per heavy atom. The summed E-state index contributed by atoms with van der Waals surface area (Å²) in [5.74, 6) is -0.377. The molecule has 20 heteroatoms. The molecule has 284 valence electrons. The number of nitrogens with two attached hydrogens (primary N) is 1. The average Bonchev–Trinajstić information content (AvgIpc) is 3.73. The number of aromatic nitrogens is 4. The number of nitrogen functional groups attached to an aromatic ring is 1. The quantitative estimate of drug-likeness (QED) is 0.0567. The highest BCUT2D eigenvalue weighted by molar-refractivity contribution is 7.88. The van der Waals surface area contributed by atoms with Crippen LogP contribution in [-0.4, -0.2) is 59.0 Å². The fourth-order valence-corrected chi connectivity index (χ4v) is 7.23. The maximum Gasteiger partial charge on any atom is 0.534 e. The highest BCUT2D eigenvalue weighted by atomic mass is 32.2. The number of hydrogen-bond acceptors (Lipinski definition) is 12. The van der Waals surface area contributed by atoms with Crippen molar-refractivity contribution in [3.05, 3.63) is 93.4 Å². The number of nitrogens with one attached hydrogen (secondary N) is 2. The normalized spacial score (nSPS) is 11.9. The second-order valence-corrected chi connectivity index (χ2v) is 17.3. The van der Waals surface area contributed by atoms with E-state index in [4.69, 9.17) is 10.3 Å². The number of rotatable bonds is 5. The maximum atomic E-state index is 12.9. The molecule has 0 fully saturated rings. The monoisotopic (exact) mass is 820 g/mol. The van der Waals surface area contributed by atoms with Gasteiger partial charge in [0.25, 0.3) is 16.0 Å². The number of nitrogens with zero attached hydrogens (tertiary/aromatic N) is 3. The van der Waals surface area contributed by atoms with Gasteiger partial charge in [0.2, 0.25) is 0 Å². The first-order valence-electron chi connectivity index (χ1n) is 15.4. The Labute approximate surface area is 314 Å². The van der Waals surface area contributed by atoms with Crippen molar-refractivity contribution >= 4 is 91.7 Å². The fourth-order valence-electron chi connectivity index (χ4n) is 5.17. The van der Waals surface area contributed by atoms with Crippen molar-refractivity contribution in [2.24, 2.45) is 0 Å². The zero-order valence-corrected chi connectivity index (χ0v) is 32.2. The summed E-state index contributed by atoms with van der Waals surface area (Å²) in [6.07, 6.45) is 0.715. The highest BCUT2D eigenvalue weighted by Gasteiger charge is 2.48. The molecule has 3 aromatic heterocycles. The van der Waals surface area contributed by atoms with E-state index in [-0.39, 0.29) is 5.91 Å². The van der Waals surface area contributed by atoms with Crippen molar-refractivity contribution in [1.29, 1.82) is 0 Å². The van der Waals surface area contributed by atoms with Crippen molar-refractivity contribution in [3.8, 4) is 17.1 Å². The molecule has 5 N–H and O–H groups in total. The number of carbonyl (C=O) groups is 1. The molecule has 0 aliphatic heterocycles. The summed E-state index contributed by atoms with van der Waals surface area (Å²) < 4.78 is 93.2. The Morgan fingerprint density at radius 1 is 0.815 bits per heavy atom. The molecule has 0 saturated heterocycles. The topological polar surface area (TPSA) is 207 Å². The van der Waals surface area contributed by atoms with Crippen molar-refractivity contribution in [1.82, 2.24) is 19.9 Å². The lowest BCUT2D eigenvalue weighted by atomic mass is 10.0. The number of imidazole rings is 1. The van der Waals surface area contributed by atoms with E-state index < -0.39 is 31.5 Å². The van der Waals surface area contributed by atoms with E-state index in [2.05, 4.69) is 29.4 Å². The van der Waals surface area contributed by atoms with Gasteiger partial charge < -0.3 is 20.2 Å². The third-order valence-electron chi connectivity index (χ3n) is 7.25. The van der Waals surface area contributed by atoms with E-state index in [1.807, 2.05) is 50.2 Å². The number of aryl methyl sites for hydroxylation is 4. The molecule has 0 unspecified atom stereocenters. The summed E-state index contributed by atoms with van der Waals surface area (Å²) in [6, 6.07) is 18.7. The van der Waals surface area contributed by atoms with Crippen LogP contribution in [0.2, 0.25) is 0 Å². The van der Waals surface area contributed by atoms with Crippen LogP contribution in [-0.2, 0) is 20.2 Å². The molecular formula is C34H31F3N6O7S4. The first-order chi connectivity index (χ1) is 25.1. The number of carbonyl (C=O) groups excluding carboxylic acids is 1. The first-order valence-corrected chi connectivity index (χ1v) is 20.3. The lowest BCUT2D eigenvalue weighted by Gasteiger charge is -2.13. The Kier molecular flexibility index (Phi) is 11.3. The minimum absolute atomic E-state index is 0.325. The summed E-state index contributed by atoms with van der Waals surface area (Å²) in [5, 5.41) is 4.89. The number of H-pyrrole nitrogens is 1. The maximum absolute atomic E-state index is 12.9. The minimum atomic E-state index is -5.79. The molecule has 0 bridgehead atoms. The van der Waals surface area contributed by atoms with Crippen LogP contribution in [0.5, 0.6) is 5.75 Å². The smallest absolute Gasteiger partial charge is 0.399 e. The van der Waals surface area contributed by atoms with Gasteiger partial charge in [-0.2, -0.15) is 30.0 Å². The number of alkyl halides is 3. The van der Waals surface area contributed by atoms with E-state index in [0.29, 0.717) is 51.1 Å². The van der Waals surface area contributed by atoms with Gasteiger partial charge >= 0.3 is 15.6 Å². The van der Waals surface area contributed by atoms with Crippen LogP contribution >= 0.6 is 22.7 Å². The molecular weight excluding hydrogens is 790 g/mol. The molecule has 13 nitrogen and oxygen atoms in total. The van der Waals surface area contributed by atoms with Gasteiger partial charge in [-0.25, -0.2) is 15.0 Å². The van der Waals surface area contributed by atoms with Crippen LogP contribution in [0.3, 0.4) is 0 Å². The Balaban J connectivity index is 0.000000289. The van der Waals surface area contributed by atoms with E-state index in [0.717, 1.165) is 31.4 Å². The van der Waals surface area contributed by atoms with Crippen molar-refractivity contribution in [2.45, 2.75) is 33.2 Å². The summed E-state index contributed by atoms with van der Waals surface area (Å²) >= 11 is 3.26. The fraction of sp³-hybridized carbons (Fsp3) is 0.176. The number of benzene rings is 4. The zero-order chi connectivity index (χ0) is 39.7. The number of hydrogen-bond donors (Lipinski definition) is 4. The molecule has 0 aliphatic carbocycles. The molecule has 0 spiro atoms. The molecule has 0 aliphatic rings. The predicted octanol–water partition coefficient (Wildman–Crippen LogP) is 7.94. The van der Waals surface area contributed by atoms with Gasteiger partial charge in [0.15, 0.2) is 0 Å². The Bertz CT molecular complexity index is 2730. The Hall–Kier alpha value is -5.15. The van der Waals surface area contributed by atoms with E-state index in [1.165, 1.54) is 16.8 Å². The van der Waals surface area contributed by atoms with Gasteiger partial charge in [-0.15, -0.1) is 22.7 Å². The van der Waals surface area contributed by atoms with Gasteiger partial charge in [0.1, 0.15) is 11.6 Å². The molecule has 7 aromatic rings. The predicted molar refractivity (Wildman–Crippen MR) is 205 cm³/mol. The molecule has 54 heavy (non-hydrogen) atoms. The number of thiazole rings is 2. The van der Waals surface area contributed by atoms with E-state index >= 15 is 0 Å². The van der Waals surface area contributed by atoms with Crippen LogP contribution in [0.25, 0.3) is 42.9 Å². The molecule has 0 radical (unpaired) electrons. The number of anilines is 2. The lowest BCUT2D eigenvalue weighted by Crippen LogP contribution is -2.28. The number of halogens is 3. The van der Waals surface area contributed by atoms with Gasteiger partial charge in [-0.3, -0.25) is 9.35 Å². The summed E-state index contributed by atoms with van der Waals surface area (Å²) in [4.78, 5) is 29.3. The second-order valence-electron chi connectivity index (χ2n) is 11.8. The minimum Gasteiger partial charge on any atom is -0.399 e. The SMILES string of the molecule is CS(=O)(=O)O.Cc1nc2cc(N)ccc2s1.Cc1nc2cc(NC(=O)c3ccc4nc(-c5c(C)cc(OS(=O)(=O)C(F)(F)F)cc5C)[nH]c4c3)ccc2s1. The summed E-state index contributed by atoms with van der Waals surface area (Å²) in [7, 11) is -9.46. The van der Waals surface area contributed by atoms with Crippen LogP contribution in [0, 0.1) is 27.7 Å². The lowest BCUT2D eigenvalue weighted by molar-refractivity contribution is -0.0500. The van der Waals surface area contributed by atoms with Gasteiger partial charge in [0.05, 0.1) is 47.7 Å². The Morgan fingerprint density at radius 3 is 1.94 bits per heavy atom. The van der Waals surface area contributed by atoms with Crippen LogP contribution in [0.15, 0.2) is 66.7 Å². The molecule has 7 rings (SSSR count). The van der Waals surface area contributed by atoms with E-state index in [1.54, 1.807) is 54.7 Å². The average molecular weight is 821 g/mol.